The Kier molecular flexibility index (Phi) is 4.37. The second kappa shape index (κ2) is 7.07. The lowest BCUT2D eigenvalue weighted by atomic mass is 10.1. The third kappa shape index (κ3) is 3.06. The number of hydrogen-bond donors (Lipinski definition) is 1. The van der Waals surface area contributed by atoms with Crippen molar-refractivity contribution in [3.8, 4) is 5.69 Å². The van der Waals surface area contributed by atoms with Gasteiger partial charge >= 0.3 is 0 Å². The number of nitrogens with one attached hydrogen (secondary N) is 1. The van der Waals surface area contributed by atoms with Crippen molar-refractivity contribution in [2.45, 2.75) is 6.92 Å². The summed E-state index contributed by atoms with van der Waals surface area (Å²) in [5, 5.41) is 3.37. The molecular formula is C24H16BrN3O2. The summed E-state index contributed by atoms with van der Waals surface area (Å²) in [7, 11) is 0. The smallest absolute Gasteiger partial charge is 0.266 e. The molecule has 6 heteroatoms. The molecule has 2 heterocycles. The monoisotopic (exact) mass is 457 g/mol. The van der Waals surface area contributed by atoms with E-state index in [1.165, 1.54) is 0 Å². The first-order valence-electron chi connectivity index (χ1n) is 9.43. The molecule has 0 saturated heterocycles. The molecule has 0 unspecified atom stereocenters. The number of rotatable bonds is 2. The average Bonchev–Trinajstić information content (AvgIpc) is 3.04. The van der Waals surface area contributed by atoms with Crippen LogP contribution in [-0.2, 0) is 4.79 Å². The summed E-state index contributed by atoms with van der Waals surface area (Å²) in [5.74, 6) is 0.194. The molecule has 0 radical (unpaired) electrons. The summed E-state index contributed by atoms with van der Waals surface area (Å²) in [6.07, 6.45) is 1.69. The quantitative estimate of drug-likeness (QED) is 0.433. The van der Waals surface area contributed by atoms with Crippen LogP contribution in [0, 0.1) is 6.92 Å². The van der Waals surface area contributed by atoms with Crippen LogP contribution in [-0.4, -0.2) is 15.5 Å². The van der Waals surface area contributed by atoms with Gasteiger partial charge in [-0.2, -0.15) is 0 Å². The van der Waals surface area contributed by atoms with Gasteiger partial charge in [-0.15, -0.1) is 0 Å². The van der Waals surface area contributed by atoms with Crippen LogP contribution in [0.1, 0.15) is 17.0 Å². The molecule has 5 nitrogen and oxygen atoms in total. The molecule has 0 saturated carbocycles. The fourth-order valence-electron chi connectivity index (χ4n) is 3.70. The molecule has 0 aliphatic carbocycles. The standard InChI is InChI=1S/C24H16BrN3O2/c1-14-5-4-6-16(11-14)28-22(26-21-10-9-15(25)12-19(21)24(28)30)13-18-17-7-2-3-8-20(17)27-23(18)29/h2-13H,1H3,(H,27,29). The van der Waals surface area contributed by atoms with Crippen LogP contribution < -0.4 is 10.9 Å². The second-order valence-electron chi connectivity index (χ2n) is 7.17. The maximum atomic E-state index is 13.5. The van der Waals surface area contributed by atoms with Crippen LogP contribution in [0.5, 0.6) is 0 Å². The van der Waals surface area contributed by atoms with Crippen LogP contribution in [0.3, 0.4) is 0 Å². The fourth-order valence-corrected chi connectivity index (χ4v) is 4.06. The number of halogens is 1. The summed E-state index contributed by atoms with van der Waals surface area (Å²) in [4.78, 5) is 30.9. The Morgan fingerprint density at radius 3 is 2.67 bits per heavy atom. The van der Waals surface area contributed by atoms with Gasteiger partial charge in [0.1, 0.15) is 5.82 Å². The topological polar surface area (TPSA) is 64.0 Å². The molecule has 1 amide bonds. The Bertz CT molecular complexity index is 1440. The van der Waals surface area contributed by atoms with E-state index in [1.807, 2.05) is 61.5 Å². The number of benzene rings is 3. The number of carbonyl (C=O) groups is 1. The molecule has 0 fully saturated rings. The Morgan fingerprint density at radius 1 is 1.00 bits per heavy atom. The zero-order valence-electron chi connectivity index (χ0n) is 16.0. The highest BCUT2D eigenvalue weighted by Crippen LogP contribution is 2.32. The Balaban J connectivity index is 1.84. The van der Waals surface area contributed by atoms with Crippen LogP contribution in [0.4, 0.5) is 5.69 Å². The zero-order valence-corrected chi connectivity index (χ0v) is 17.6. The average molecular weight is 458 g/mol. The molecule has 0 bridgehead atoms. The largest absolute Gasteiger partial charge is 0.321 e. The van der Waals surface area contributed by atoms with E-state index in [0.717, 1.165) is 21.3 Å². The molecule has 0 spiro atoms. The van der Waals surface area contributed by atoms with E-state index in [9.17, 15) is 9.59 Å². The zero-order chi connectivity index (χ0) is 20.8. The molecule has 1 aliphatic heterocycles. The second-order valence-corrected chi connectivity index (χ2v) is 8.08. The minimum absolute atomic E-state index is 0.189. The molecule has 5 rings (SSSR count). The highest BCUT2D eigenvalue weighted by atomic mass is 79.9. The lowest BCUT2D eigenvalue weighted by molar-refractivity contribution is -0.110. The molecule has 1 aliphatic rings. The van der Waals surface area contributed by atoms with Crippen molar-refractivity contribution in [2.75, 3.05) is 5.32 Å². The van der Waals surface area contributed by atoms with Gasteiger partial charge < -0.3 is 5.32 Å². The Hall–Kier alpha value is -3.51. The third-order valence-electron chi connectivity index (χ3n) is 5.10. The van der Waals surface area contributed by atoms with E-state index in [0.29, 0.717) is 28.0 Å². The van der Waals surface area contributed by atoms with Crippen molar-refractivity contribution >= 4 is 50.1 Å². The van der Waals surface area contributed by atoms with Crippen LogP contribution >= 0.6 is 15.9 Å². The number of amides is 1. The van der Waals surface area contributed by atoms with Crippen molar-refractivity contribution in [2.24, 2.45) is 0 Å². The lowest BCUT2D eigenvalue weighted by Gasteiger charge is -2.13. The first kappa shape index (κ1) is 18.5. The number of carbonyl (C=O) groups excluding carboxylic acids is 1. The molecule has 3 aromatic carbocycles. The van der Waals surface area contributed by atoms with E-state index in [4.69, 9.17) is 4.98 Å². The van der Waals surface area contributed by atoms with Gasteiger partial charge in [-0.25, -0.2) is 4.98 Å². The number of fused-ring (bicyclic) bond motifs is 2. The van der Waals surface area contributed by atoms with E-state index < -0.39 is 0 Å². The van der Waals surface area contributed by atoms with E-state index in [-0.39, 0.29) is 11.5 Å². The SMILES string of the molecule is Cc1cccc(-n2c(C=C3C(=O)Nc4ccccc43)nc3ccc(Br)cc3c2=O)c1. The van der Waals surface area contributed by atoms with Gasteiger partial charge in [-0.05, 0) is 55.0 Å². The van der Waals surface area contributed by atoms with E-state index in [1.54, 1.807) is 22.8 Å². The maximum Gasteiger partial charge on any atom is 0.266 e. The number of anilines is 1. The normalized spacial score (nSPS) is 14.2. The lowest BCUT2D eigenvalue weighted by Crippen LogP contribution is -2.22. The minimum Gasteiger partial charge on any atom is -0.321 e. The molecule has 4 aromatic rings. The van der Waals surface area contributed by atoms with Crippen LogP contribution in [0.15, 0.2) is 76.0 Å². The van der Waals surface area contributed by atoms with Crippen molar-refractivity contribution in [1.82, 2.24) is 9.55 Å². The maximum absolute atomic E-state index is 13.5. The van der Waals surface area contributed by atoms with Gasteiger partial charge in [0.05, 0.1) is 22.2 Å². The first-order valence-corrected chi connectivity index (χ1v) is 10.2. The van der Waals surface area contributed by atoms with Crippen molar-refractivity contribution < 1.29 is 4.79 Å². The van der Waals surface area contributed by atoms with Gasteiger partial charge in [0.15, 0.2) is 0 Å². The molecule has 1 N–H and O–H groups in total. The van der Waals surface area contributed by atoms with Gasteiger partial charge in [0.2, 0.25) is 0 Å². The van der Waals surface area contributed by atoms with Crippen molar-refractivity contribution in [3.63, 3.8) is 0 Å². The number of aryl methyl sites for hydroxylation is 1. The van der Waals surface area contributed by atoms with E-state index in [2.05, 4.69) is 21.2 Å². The fraction of sp³-hybridized carbons (Fsp3) is 0.0417. The number of aromatic nitrogens is 2. The molecule has 30 heavy (non-hydrogen) atoms. The highest BCUT2D eigenvalue weighted by Gasteiger charge is 2.24. The predicted molar refractivity (Wildman–Crippen MR) is 123 cm³/mol. The summed E-state index contributed by atoms with van der Waals surface area (Å²) in [6, 6.07) is 20.6. The van der Waals surface area contributed by atoms with Crippen LogP contribution in [0.2, 0.25) is 0 Å². The van der Waals surface area contributed by atoms with Gasteiger partial charge in [0, 0.05) is 15.7 Å². The number of hydrogen-bond acceptors (Lipinski definition) is 3. The Morgan fingerprint density at radius 2 is 1.83 bits per heavy atom. The van der Waals surface area contributed by atoms with Gasteiger partial charge in [-0.1, -0.05) is 46.3 Å². The first-order chi connectivity index (χ1) is 14.5. The van der Waals surface area contributed by atoms with E-state index >= 15 is 0 Å². The molecule has 0 atom stereocenters. The summed E-state index contributed by atoms with van der Waals surface area (Å²) in [5.41, 5.74) is 4.14. The van der Waals surface area contributed by atoms with Crippen molar-refractivity contribution in [3.05, 3.63) is 98.5 Å². The summed E-state index contributed by atoms with van der Waals surface area (Å²) < 4.78 is 2.36. The summed E-state index contributed by atoms with van der Waals surface area (Å²) >= 11 is 3.43. The number of nitrogens with zero attached hydrogens (tertiary/aromatic N) is 2. The summed E-state index contributed by atoms with van der Waals surface area (Å²) in [6.45, 7) is 1.97. The molecule has 1 aromatic heterocycles. The Labute approximate surface area is 180 Å². The highest BCUT2D eigenvalue weighted by molar-refractivity contribution is 9.10. The van der Waals surface area contributed by atoms with Gasteiger partial charge in [0.25, 0.3) is 11.5 Å². The third-order valence-corrected chi connectivity index (χ3v) is 5.59. The molecular weight excluding hydrogens is 442 g/mol. The predicted octanol–water partition coefficient (Wildman–Crippen LogP) is 4.95. The van der Waals surface area contributed by atoms with Crippen molar-refractivity contribution in [1.29, 1.82) is 0 Å². The number of para-hydroxylation sites is 1. The van der Waals surface area contributed by atoms with Gasteiger partial charge in [-0.3, -0.25) is 14.2 Å². The minimum atomic E-state index is -0.211. The molecule has 146 valence electrons. The van der Waals surface area contributed by atoms with Crippen LogP contribution in [0.25, 0.3) is 28.2 Å².